The Morgan fingerprint density at radius 2 is 1.89 bits per heavy atom. The van der Waals surface area contributed by atoms with Crippen LogP contribution in [0.25, 0.3) is 10.2 Å². The van der Waals surface area contributed by atoms with Gasteiger partial charge in [0.25, 0.3) is 5.91 Å². The molecular formula is C26H30N8OS. The van der Waals surface area contributed by atoms with E-state index in [2.05, 4.69) is 59.8 Å². The highest BCUT2D eigenvalue weighted by Crippen LogP contribution is 2.39. The van der Waals surface area contributed by atoms with Gasteiger partial charge < -0.3 is 15.5 Å². The van der Waals surface area contributed by atoms with Crippen molar-refractivity contribution in [2.45, 2.75) is 32.2 Å². The molecule has 1 aliphatic heterocycles. The number of carbonyl (C=O) groups is 1. The van der Waals surface area contributed by atoms with E-state index in [9.17, 15) is 4.79 Å². The Labute approximate surface area is 213 Å². The molecule has 3 N–H and O–H groups in total. The number of aromatic nitrogens is 4. The number of nitrogens with zero attached hydrogens (tertiary/aromatic N) is 5. The van der Waals surface area contributed by atoms with Gasteiger partial charge in [0.2, 0.25) is 0 Å². The molecule has 0 saturated carbocycles. The Balaban J connectivity index is 1.15. The SMILES string of the molecule is CN1CCN(Cc2ccc(NC(=O)c3[nH]ncc3Nc3ncnc4sc5c(c34)CCCC5)cc2)CC1. The van der Waals surface area contributed by atoms with Crippen molar-refractivity contribution in [3.8, 4) is 0 Å². The van der Waals surface area contributed by atoms with Gasteiger partial charge in [-0.15, -0.1) is 11.3 Å². The number of H-pyrrole nitrogens is 1. The first-order chi connectivity index (χ1) is 17.6. The molecule has 6 rings (SSSR count). The van der Waals surface area contributed by atoms with Crippen LogP contribution < -0.4 is 10.6 Å². The fourth-order valence-electron chi connectivity index (χ4n) is 5.02. The molecule has 10 heteroatoms. The fourth-order valence-corrected chi connectivity index (χ4v) is 6.25. The third-order valence-electron chi connectivity index (χ3n) is 7.08. The van der Waals surface area contributed by atoms with Crippen LogP contribution in [0.2, 0.25) is 0 Å². The van der Waals surface area contributed by atoms with Crippen molar-refractivity contribution in [1.82, 2.24) is 30.0 Å². The minimum Gasteiger partial charge on any atom is -0.336 e. The molecule has 4 aromatic rings. The van der Waals surface area contributed by atoms with Gasteiger partial charge in [-0.3, -0.25) is 14.8 Å². The summed E-state index contributed by atoms with van der Waals surface area (Å²) in [6.45, 7) is 5.29. The van der Waals surface area contributed by atoms with Gasteiger partial charge in [0, 0.05) is 43.3 Å². The third kappa shape index (κ3) is 4.71. The number of aryl methyl sites for hydroxylation is 2. The molecule has 0 radical (unpaired) electrons. The van der Waals surface area contributed by atoms with E-state index in [0.717, 1.165) is 67.3 Å². The lowest BCUT2D eigenvalue weighted by Crippen LogP contribution is -2.43. The lowest BCUT2D eigenvalue weighted by atomic mass is 9.97. The largest absolute Gasteiger partial charge is 0.336 e. The van der Waals surface area contributed by atoms with Crippen LogP contribution in [0.3, 0.4) is 0 Å². The summed E-state index contributed by atoms with van der Waals surface area (Å²) >= 11 is 1.75. The molecule has 1 aliphatic carbocycles. The molecule has 1 amide bonds. The van der Waals surface area contributed by atoms with Gasteiger partial charge in [-0.2, -0.15) is 5.10 Å². The first kappa shape index (κ1) is 23.1. The fraction of sp³-hybridized carbons (Fsp3) is 0.385. The molecule has 2 aliphatic rings. The van der Waals surface area contributed by atoms with Crippen LogP contribution in [0.1, 0.15) is 39.3 Å². The van der Waals surface area contributed by atoms with E-state index in [1.54, 1.807) is 23.9 Å². The van der Waals surface area contributed by atoms with Crippen molar-refractivity contribution in [3.63, 3.8) is 0 Å². The predicted molar refractivity (Wildman–Crippen MR) is 143 cm³/mol. The van der Waals surface area contributed by atoms with E-state index in [0.29, 0.717) is 11.4 Å². The maximum Gasteiger partial charge on any atom is 0.275 e. The monoisotopic (exact) mass is 502 g/mol. The zero-order chi connectivity index (χ0) is 24.5. The first-order valence-electron chi connectivity index (χ1n) is 12.5. The average molecular weight is 503 g/mol. The molecule has 0 bridgehead atoms. The van der Waals surface area contributed by atoms with Crippen LogP contribution >= 0.6 is 11.3 Å². The lowest BCUT2D eigenvalue weighted by Gasteiger charge is -2.32. The molecule has 4 heterocycles. The zero-order valence-corrected chi connectivity index (χ0v) is 21.2. The molecule has 1 fully saturated rings. The number of aromatic amines is 1. The molecule has 0 atom stereocenters. The Morgan fingerprint density at radius 3 is 2.72 bits per heavy atom. The van der Waals surface area contributed by atoms with E-state index in [4.69, 9.17) is 0 Å². The summed E-state index contributed by atoms with van der Waals surface area (Å²) in [7, 11) is 2.17. The summed E-state index contributed by atoms with van der Waals surface area (Å²) in [5.74, 6) is 0.475. The zero-order valence-electron chi connectivity index (χ0n) is 20.4. The quantitative estimate of drug-likeness (QED) is 0.366. The number of hydrogen-bond donors (Lipinski definition) is 3. The third-order valence-corrected chi connectivity index (χ3v) is 8.28. The molecule has 186 valence electrons. The van der Waals surface area contributed by atoms with Crippen molar-refractivity contribution in [1.29, 1.82) is 0 Å². The summed E-state index contributed by atoms with van der Waals surface area (Å²) in [6, 6.07) is 8.07. The summed E-state index contributed by atoms with van der Waals surface area (Å²) in [6.07, 6.45) is 7.75. The van der Waals surface area contributed by atoms with Crippen molar-refractivity contribution >= 4 is 44.7 Å². The number of benzene rings is 1. The van der Waals surface area contributed by atoms with Gasteiger partial charge in [-0.25, -0.2) is 9.97 Å². The number of amides is 1. The van der Waals surface area contributed by atoms with Crippen molar-refractivity contribution in [3.05, 3.63) is 58.5 Å². The summed E-state index contributed by atoms with van der Waals surface area (Å²) in [4.78, 5) is 29.3. The number of likely N-dealkylation sites (N-methyl/N-ethyl adjacent to an activating group) is 1. The average Bonchev–Trinajstić information content (AvgIpc) is 3.51. The van der Waals surface area contributed by atoms with E-state index < -0.39 is 0 Å². The standard InChI is InChI=1S/C26H30N8OS/c1-33-10-12-34(13-11-33)15-17-6-8-18(9-7-17)30-25(35)23-20(14-29-32-23)31-24-22-19-4-2-3-5-21(19)36-26(22)28-16-27-24/h6-9,14,16H,2-5,10-13,15H2,1H3,(H,29,32)(H,30,35)(H,27,28,31). The van der Waals surface area contributed by atoms with Crippen LogP contribution in [0.15, 0.2) is 36.8 Å². The van der Waals surface area contributed by atoms with E-state index in [1.807, 2.05) is 12.1 Å². The van der Waals surface area contributed by atoms with E-state index in [1.165, 1.54) is 28.8 Å². The molecule has 9 nitrogen and oxygen atoms in total. The Hall–Kier alpha value is -3.34. The van der Waals surface area contributed by atoms with Gasteiger partial charge in [0.05, 0.1) is 17.3 Å². The smallest absolute Gasteiger partial charge is 0.275 e. The summed E-state index contributed by atoms with van der Waals surface area (Å²) in [5.41, 5.74) is 4.30. The highest BCUT2D eigenvalue weighted by atomic mass is 32.1. The minimum atomic E-state index is -0.250. The number of piperazine rings is 1. The Bertz CT molecular complexity index is 1370. The molecule has 0 spiro atoms. The number of nitrogens with one attached hydrogen (secondary N) is 3. The van der Waals surface area contributed by atoms with Crippen LogP contribution in [0.4, 0.5) is 17.2 Å². The van der Waals surface area contributed by atoms with Gasteiger partial charge in [0.15, 0.2) is 0 Å². The first-order valence-corrected chi connectivity index (χ1v) is 13.3. The van der Waals surface area contributed by atoms with Gasteiger partial charge in [-0.1, -0.05) is 12.1 Å². The van der Waals surface area contributed by atoms with Crippen LogP contribution in [-0.2, 0) is 19.4 Å². The van der Waals surface area contributed by atoms with Gasteiger partial charge in [-0.05, 0) is 56.0 Å². The number of fused-ring (bicyclic) bond motifs is 3. The van der Waals surface area contributed by atoms with Crippen molar-refractivity contribution in [2.75, 3.05) is 43.9 Å². The second kappa shape index (κ2) is 9.96. The van der Waals surface area contributed by atoms with Gasteiger partial charge >= 0.3 is 0 Å². The number of thiophene rings is 1. The van der Waals surface area contributed by atoms with Crippen LogP contribution in [0, 0.1) is 0 Å². The Kier molecular flexibility index (Phi) is 6.39. The molecular weight excluding hydrogens is 472 g/mol. The topological polar surface area (TPSA) is 102 Å². The van der Waals surface area contributed by atoms with Crippen molar-refractivity contribution in [2.24, 2.45) is 0 Å². The predicted octanol–water partition coefficient (Wildman–Crippen LogP) is 4.04. The number of carbonyl (C=O) groups excluding carboxylic acids is 1. The number of hydrogen-bond acceptors (Lipinski definition) is 8. The van der Waals surface area contributed by atoms with E-state index >= 15 is 0 Å². The number of anilines is 3. The molecule has 0 unspecified atom stereocenters. The highest BCUT2D eigenvalue weighted by Gasteiger charge is 2.22. The summed E-state index contributed by atoms with van der Waals surface area (Å²) < 4.78 is 0. The second-order valence-electron chi connectivity index (χ2n) is 9.63. The number of rotatable bonds is 6. The normalized spacial score (nSPS) is 16.7. The second-order valence-corrected chi connectivity index (χ2v) is 10.7. The van der Waals surface area contributed by atoms with Gasteiger partial charge in [0.1, 0.15) is 22.7 Å². The van der Waals surface area contributed by atoms with Crippen LogP contribution in [0.5, 0.6) is 0 Å². The molecule has 1 saturated heterocycles. The Morgan fingerprint density at radius 1 is 1.08 bits per heavy atom. The minimum absolute atomic E-state index is 0.250. The maximum absolute atomic E-state index is 13.1. The molecule has 3 aromatic heterocycles. The summed E-state index contributed by atoms with van der Waals surface area (Å²) in [5, 5.41) is 14.4. The van der Waals surface area contributed by atoms with Crippen molar-refractivity contribution < 1.29 is 4.79 Å². The molecule has 1 aromatic carbocycles. The van der Waals surface area contributed by atoms with E-state index in [-0.39, 0.29) is 5.91 Å². The molecule has 36 heavy (non-hydrogen) atoms. The maximum atomic E-state index is 13.1. The van der Waals surface area contributed by atoms with Crippen LogP contribution in [-0.4, -0.2) is 69.1 Å². The lowest BCUT2D eigenvalue weighted by molar-refractivity contribution is 0.102. The highest BCUT2D eigenvalue weighted by molar-refractivity contribution is 7.19.